The zero-order valence-electron chi connectivity index (χ0n) is 7.67. The van der Waals surface area contributed by atoms with Crippen molar-refractivity contribution in [2.24, 2.45) is 5.73 Å². The molecule has 0 aliphatic rings. The molecule has 0 bridgehead atoms. The summed E-state index contributed by atoms with van der Waals surface area (Å²) in [6, 6.07) is 3.92. The molecule has 5 nitrogen and oxygen atoms in total. The van der Waals surface area contributed by atoms with Crippen LogP contribution in [-0.2, 0) is 13.1 Å². The molecular weight excluding hydrogens is 178 g/mol. The molecule has 2 heterocycles. The van der Waals surface area contributed by atoms with Gasteiger partial charge in [-0.05, 0) is 17.7 Å². The van der Waals surface area contributed by atoms with Gasteiger partial charge in [-0.25, -0.2) is 9.67 Å². The Morgan fingerprint density at radius 3 is 3.07 bits per heavy atom. The molecule has 0 atom stereocenters. The van der Waals surface area contributed by atoms with E-state index in [-0.39, 0.29) is 0 Å². The Morgan fingerprint density at radius 2 is 2.36 bits per heavy atom. The maximum absolute atomic E-state index is 5.49. The van der Waals surface area contributed by atoms with Crippen molar-refractivity contribution in [1.29, 1.82) is 0 Å². The van der Waals surface area contributed by atoms with Crippen LogP contribution in [0.5, 0.6) is 0 Å². The quantitative estimate of drug-likeness (QED) is 0.747. The fourth-order valence-corrected chi connectivity index (χ4v) is 1.24. The van der Waals surface area contributed by atoms with Gasteiger partial charge in [-0.15, -0.1) is 0 Å². The van der Waals surface area contributed by atoms with E-state index in [1.54, 1.807) is 17.2 Å². The van der Waals surface area contributed by atoms with Gasteiger partial charge >= 0.3 is 0 Å². The number of nitrogens with zero attached hydrogens (tertiary/aromatic N) is 4. The number of rotatable bonds is 3. The maximum atomic E-state index is 5.49. The van der Waals surface area contributed by atoms with Crippen LogP contribution in [0.15, 0.2) is 31.0 Å². The van der Waals surface area contributed by atoms with Crippen LogP contribution in [0.4, 0.5) is 0 Å². The fraction of sp³-hybridized carbons (Fsp3) is 0.222. The van der Waals surface area contributed by atoms with E-state index in [0.717, 1.165) is 11.3 Å². The predicted octanol–water partition coefficient (Wildman–Crippen LogP) is 0.180. The summed E-state index contributed by atoms with van der Waals surface area (Å²) in [5.41, 5.74) is 7.52. The van der Waals surface area contributed by atoms with Gasteiger partial charge in [0.2, 0.25) is 0 Å². The molecule has 2 aromatic rings. The van der Waals surface area contributed by atoms with E-state index >= 15 is 0 Å². The lowest BCUT2D eigenvalue weighted by atomic mass is 10.2. The first-order chi connectivity index (χ1) is 6.88. The van der Waals surface area contributed by atoms with Crippen molar-refractivity contribution >= 4 is 0 Å². The van der Waals surface area contributed by atoms with E-state index in [9.17, 15) is 0 Å². The second-order valence-electron chi connectivity index (χ2n) is 2.95. The molecule has 0 spiro atoms. The van der Waals surface area contributed by atoms with Gasteiger partial charge in [0.15, 0.2) is 0 Å². The Balaban J connectivity index is 2.17. The van der Waals surface area contributed by atoms with Crippen LogP contribution in [0.25, 0.3) is 0 Å². The summed E-state index contributed by atoms with van der Waals surface area (Å²) in [6.07, 6.45) is 4.96. The first kappa shape index (κ1) is 8.83. The summed E-state index contributed by atoms with van der Waals surface area (Å²) in [7, 11) is 0. The van der Waals surface area contributed by atoms with Gasteiger partial charge in [0.25, 0.3) is 0 Å². The largest absolute Gasteiger partial charge is 0.325 e. The summed E-state index contributed by atoms with van der Waals surface area (Å²) < 4.78 is 1.76. The number of nitrogens with two attached hydrogens (primary N) is 1. The van der Waals surface area contributed by atoms with Crippen molar-refractivity contribution in [1.82, 2.24) is 19.7 Å². The molecule has 0 fully saturated rings. The van der Waals surface area contributed by atoms with Gasteiger partial charge in [0.1, 0.15) is 12.7 Å². The summed E-state index contributed by atoms with van der Waals surface area (Å²) in [6.45, 7) is 1.17. The van der Waals surface area contributed by atoms with Crippen molar-refractivity contribution in [3.05, 3.63) is 42.2 Å². The highest BCUT2D eigenvalue weighted by atomic mass is 15.3. The van der Waals surface area contributed by atoms with Crippen LogP contribution < -0.4 is 5.73 Å². The minimum Gasteiger partial charge on any atom is -0.325 e. The molecule has 0 saturated carbocycles. The maximum Gasteiger partial charge on any atom is 0.137 e. The number of aromatic nitrogens is 4. The zero-order valence-corrected chi connectivity index (χ0v) is 7.67. The van der Waals surface area contributed by atoms with E-state index in [4.69, 9.17) is 5.73 Å². The third kappa shape index (κ3) is 1.94. The van der Waals surface area contributed by atoms with Crippen LogP contribution in [0.3, 0.4) is 0 Å². The molecule has 0 unspecified atom stereocenters. The molecule has 0 amide bonds. The Hall–Kier alpha value is -1.75. The standard InChI is InChI=1S/C9H11N5/c10-4-9-3-8(1-2-12-9)5-14-7-11-6-13-14/h1-3,6-7H,4-5,10H2. The first-order valence-corrected chi connectivity index (χ1v) is 4.35. The minimum atomic E-state index is 0.463. The average molecular weight is 189 g/mol. The SMILES string of the molecule is NCc1cc(Cn2cncn2)ccn1. The van der Waals surface area contributed by atoms with E-state index in [2.05, 4.69) is 15.1 Å². The lowest BCUT2D eigenvalue weighted by Crippen LogP contribution is -2.03. The first-order valence-electron chi connectivity index (χ1n) is 4.35. The summed E-state index contributed by atoms with van der Waals surface area (Å²) >= 11 is 0. The molecular formula is C9H11N5. The van der Waals surface area contributed by atoms with Gasteiger partial charge in [0.05, 0.1) is 12.2 Å². The molecule has 0 aliphatic heterocycles. The fourth-order valence-electron chi connectivity index (χ4n) is 1.24. The average Bonchev–Trinajstić information content (AvgIpc) is 2.71. The Morgan fingerprint density at radius 1 is 1.43 bits per heavy atom. The molecule has 2 N–H and O–H groups in total. The van der Waals surface area contributed by atoms with Crippen molar-refractivity contribution in [2.75, 3.05) is 0 Å². The molecule has 14 heavy (non-hydrogen) atoms. The van der Waals surface area contributed by atoms with Gasteiger partial charge in [-0.2, -0.15) is 5.10 Å². The van der Waals surface area contributed by atoms with Crippen molar-refractivity contribution in [3.63, 3.8) is 0 Å². The van der Waals surface area contributed by atoms with E-state index < -0.39 is 0 Å². The molecule has 72 valence electrons. The highest BCUT2D eigenvalue weighted by molar-refractivity contribution is 5.16. The molecule has 0 radical (unpaired) electrons. The van der Waals surface area contributed by atoms with Gasteiger partial charge in [0, 0.05) is 12.7 Å². The number of hydrogen-bond acceptors (Lipinski definition) is 4. The van der Waals surface area contributed by atoms with Crippen molar-refractivity contribution in [2.45, 2.75) is 13.1 Å². The van der Waals surface area contributed by atoms with Crippen LogP contribution in [-0.4, -0.2) is 19.7 Å². The van der Waals surface area contributed by atoms with E-state index in [1.165, 1.54) is 6.33 Å². The van der Waals surface area contributed by atoms with Crippen molar-refractivity contribution < 1.29 is 0 Å². The van der Waals surface area contributed by atoms with Crippen molar-refractivity contribution in [3.8, 4) is 0 Å². The highest BCUT2D eigenvalue weighted by Crippen LogP contribution is 2.02. The second kappa shape index (κ2) is 3.97. The van der Waals surface area contributed by atoms with Gasteiger partial charge in [-0.3, -0.25) is 4.98 Å². The predicted molar refractivity (Wildman–Crippen MR) is 51.3 cm³/mol. The van der Waals surface area contributed by atoms with Gasteiger partial charge < -0.3 is 5.73 Å². The molecule has 5 heteroatoms. The van der Waals surface area contributed by atoms with Crippen LogP contribution in [0.1, 0.15) is 11.3 Å². The topological polar surface area (TPSA) is 69.6 Å². The third-order valence-electron chi connectivity index (χ3n) is 1.90. The van der Waals surface area contributed by atoms with E-state index in [1.807, 2.05) is 12.1 Å². The lowest BCUT2D eigenvalue weighted by molar-refractivity contribution is 0.683. The monoisotopic (exact) mass is 189 g/mol. The molecule has 2 rings (SSSR count). The molecule has 0 saturated heterocycles. The Kier molecular flexibility index (Phi) is 2.51. The zero-order chi connectivity index (χ0) is 9.80. The van der Waals surface area contributed by atoms with Crippen LogP contribution >= 0.6 is 0 Å². The normalized spacial score (nSPS) is 10.4. The van der Waals surface area contributed by atoms with Crippen LogP contribution in [0, 0.1) is 0 Å². The van der Waals surface area contributed by atoms with Crippen LogP contribution in [0.2, 0.25) is 0 Å². The second-order valence-corrected chi connectivity index (χ2v) is 2.95. The Bertz CT molecular complexity index is 395. The molecule has 2 aromatic heterocycles. The number of hydrogen-bond donors (Lipinski definition) is 1. The number of pyridine rings is 1. The third-order valence-corrected chi connectivity index (χ3v) is 1.90. The summed E-state index contributed by atoms with van der Waals surface area (Å²) in [5.74, 6) is 0. The minimum absolute atomic E-state index is 0.463. The molecule has 0 aromatic carbocycles. The smallest absolute Gasteiger partial charge is 0.137 e. The Labute approximate surface area is 81.6 Å². The highest BCUT2D eigenvalue weighted by Gasteiger charge is 1.97. The lowest BCUT2D eigenvalue weighted by Gasteiger charge is -2.02. The van der Waals surface area contributed by atoms with Gasteiger partial charge in [-0.1, -0.05) is 0 Å². The van der Waals surface area contributed by atoms with E-state index in [0.29, 0.717) is 13.1 Å². The molecule has 0 aliphatic carbocycles. The summed E-state index contributed by atoms with van der Waals surface area (Å²) in [4.78, 5) is 7.99. The summed E-state index contributed by atoms with van der Waals surface area (Å²) in [5, 5.41) is 4.02.